The highest BCUT2D eigenvalue weighted by Gasteiger charge is 2.22. The average Bonchev–Trinajstić information content (AvgIpc) is 2.78. The Labute approximate surface area is 125 Å². The van der Waals surface area contributed by atoms with Gasteiger partial charge in [0, 0.05) is 13.0 Å². The van der Waals surface area contributed by atoms with E-state index in [2.05, 4.69) is 15.3 Å². The van der Waals surface area contributed by atoms with Gasteiger partial charge in [0.25, 0.3) is 0 Å². The smallest absolute Gasteiger partial charge is 0.182 e. The summed E-state index contributed by atoms with van der Waals surface area (Å²) >= 11 is 6.14. The number of carbonyl (C=O) groups is 1. The molecule has 1 aliphatic rings. The Morgan fingerprint density at radius 2 is 2.40 bits per heavy atom. The lowest BCUT2D eigenvalue weighted by molar-refractivity contribution is 0.0942. The Bertz CT molecular complexity index is 452. The number of nitrogens with zero attached hydrogens (tertiary/aromatic N) is 3. The van der Waals surface area contributed by atoms with Crippen LogP contribution in [0.1, 0.15) is 29.8 Å². The number of carbonyl (C=O) groups excluding carboxylic acids is 1. The maximum atomic E-state index is 12.5. The second kappa shape index (κ2) is 7.20. The summed E-state index contributed by atoms with van der Waals surface area (Å²) in [7, 11) is 4.00. The van der Waals surface area contributed by atoms with E-state index in [9.17, 15) is 4.79 Å². The van der Waals surface area contributed by atoms with Crippen molar-refractivity contribution < 1.29 is 4.79 Å². The van der Waals surface area contributed by atoms with E-state index in [1.54, 1.807) is 10.9 Å². The van der Waals surface area contributed by atoms with Crippen molar-refractivity contribution in [2.75, 3.05) is 33.7 Å². The van der Waals surface area contributed by atoms with E-state index >= 15 is 0 Å². The van der Waals surface area contributed by atoms with Gasteiger partial charge in [-0.05, 0) is 45.9 Å². The molecule has 1 atom stereocenters. The molecule has 0 saturated carbocycles. The molecule has 1 aliphatic heterocycles. The van der Waals surface area contributed by atoms with E-state index in [0.29, 0.717) is 29.6 Å². The van der Waals surface area contributed by atoms with Gasteiger partial charge in [-0.2, -0.15) is 5.10 Å². The van der Waals surface area contributed by atoms with Gasteiger partial charge in [-0.1, -0.05) is 11.6 Å². The van der Waals surface area contributed by atoms with Crippen molar-refractivity contribution in [1.82, 2.24) is 20.0 Å². The summed E-state index contributed by atoms with van der Waals surface area (Å²) in [5, 5.41) is 8.03. The van der Waals surface area contributed by atoms with Crippen molar-refractivity contribution >= 4 is 17.4 Å². The van der Waals surface area contributed by atoms with Crippen LogP contribution in [-0.4, -0.2) is 54.2 Å². The van der Waals surface area contributed by atoms with Gasteiger partial charge in [0.1, 0.15) is 5.69 Å². The molecule has 20 heavy (non-hydrogen) atoms. The molecule has 0 aromatic carbocycles. The van der Waals surface area contributed by atoms with E-state index in [1.165, 1.54) is 0 Å². The fourth-order valence-corrected chi connectivity index (χ4v) is 2.81. The van der Waals surface area contributed by atoms with E-state index in [4.69, 9.17) is 11.6 Å². The molecule has 1 saturated heterocycles. The van der Waals surface area contributed by atoms with Gasteiger partial charge in [-0.25, -0.2) is 0 Å². The maximum absolute atomic E-state index is 12.5. The predicted octanol–water partition coefficient (Wildman–Crippen LogP) is 1.67. The molecule has 1 unspecified atom stereocenters. The zero-order valence-electron chi connectivity index (χ0n) is 12.2. The van der Waals surface area contributed by atoms with Gasteiger partial charge in [0.15, 0.2) is 5.78 Å². The SMILES string of the molecule is CN(C)CCn1ncc(Cl)c1C(=O)CC1CCCNC1. The Balaban J connectivity index is 2.02. The Kier molecular flexibility index (Phi) is 5.57. The quantitative estimate of drug-likeness (QED) is 0.812. The molecule has 0 spiro atoms. The average molecular weight is 299 g/mol. The van der Waals surface area contributed by atoms with Crippen LogP contribution in [0.25, 0.3) is 0 Å². The first-order valence-electron chi connectivity index (χ1n) is 7.18. The van der Waals surface area contributed by atoms with E-state index in [0.717, 1.165) is 32.5 Å². The highest BCUT2D eigenvalue weighted by molar-refractivity contribution is 6.33. The lowest BCUT2D eigenvalue weighted by Gasteiger charge is -2.22. The summed E-state index contributed by atoms with van der Waals surface area (Å²) in [5.74, 6) is 0.532. The molecule has 6 heteroatoms. The Hall–Kier alpha value is -0.910. The molecule has 1 aromatic heterocycles. The third-order valence-corrected chi connectivity index (χ3v) is 3.97. The second-order valence-corrected chi connectivity index (χ2v) is 6.11. The summed E-state index contributed by atoms with van der Waals surface area (Å²) in [6.07, 6.45) is 4.39. The standard InChI is InChI=1S/C14H23ClN4O/c1-18(2)6-7-19-14(12(15)10-17-19)13(20)8-11-4-3-5-16-9-11/h10-11,16H,3-9H2,1-2H3. The number of piperidine rings is 1. The molecule has 0 bridgehead atoms. The fraction of sp³-hybridized carbons (Fsp3) is 0.714. The minimum Gasteiger partial charge on any atom is -0.316 e. The zero-order chi connectivity index (χ0) is 14.5. The van der Waals surface area contributed by atoms with Gasteiger partial charge in [-0.15, -0.1) is 0 Å². The molecule has 0 amide bonds. The maximum Gasteiger partial charge on any atom is 0.182 e. The molecular formula is C14H23ClN4O. The number of halogens is 1. The van der Waals surface area contributed by atoms with E-state index in [1.807, 2.05) is 14.1 Å². The summed E-state index contributed by atoms with van der Waals surface area (Å²) in [4.78, 5) is 14.5. The minimum absolute atomic E-state index is 0.111. The van der Waals surface area contributed by atoms with Crippen molar-refractivity contribution in [2.45, 2.75) is 25.8 Å². The van der Waals surface area contributed by atoms with Crippen LogP contribution in [0.5, 0.6) is 0 Å². The number of hydrogen-bond donors (Lipinski definition) is 1. The number of Topliss-reactive ketones (excluding diaryl/α,β-unsaturated/α-hetero) is 1. The second-order valence-electron chi connectivity index (χ2n) is 5.71. The number of likely N-dealkylation sites (N-methyl/N-ethyl adjacent to an activating group) is 1. The first-order chi connectivity index (χ1) is 9.58. The summed E-state index contributed by atoms with van der Waals surface area (Å²) < 4.78 is 1.74. The largest absolute Gasteiger partial charge is 0.316 e. The van der Waals surface area contributed by atoms with Crippen LogP contribution in [0, 0.1) is 5.92 Å². The molecule has 0 radical (unpaired) electrons. The molecule has 2 rings (SSSR count). The highest BCUT2D eigenvalue weighted by Crippen LogP contribution is 2.22. The topological polar surface area (TPSA) is 50.2 Å². The summed E-state index contributed by atoms with van der Waals surface area (Å²) in [6.45, 7) is 3.51. The zero-order valence-corrected chi connectivity index (χ0v) is 13.0. The molecule has 1 fully saturated rings. The Morgan fingerprint density at radius 3 is 3.05 bits per heavy atom. The van der Waals surface area contributed by atoms with Crippen LogP contribution in [0.2, 0.25) is 5.02 Å². The highest BCUT2D eigenvalue weighted by atomic mass is 35.5. The predicted molar refractivity (Wildman–Crippen MR) is 80.3 cm³/mol. The first kappa shape index (κ1) is 15.5. The van der Waals surface area contributed by atoms with Gasteiger partial charge in [0.05, 0.1) is 17.8 Å². The lowest BCUT2D eigenvalue weighted by Crippen LogP contribution is -2.31. The van der Waals surface area contributed by atoms with Gasteiger partial charge < -0.3 is 10.2 Å². The van der Waals surface area contributed by atoms with Crippen molar-refractivity contribution in [1.29, 1.82) is 0 Å². The van der Waals surface area contributed by atoms with Crippen LogP contribution in [-0.2, 0) is 6.54 Å². The molecular weight excluding hydrogens is 276 g/mol. The van der Waals surface area contributed by atoms with Crippen LogP contribution in [0.15, 0.2) is 6.20 Å². The van der Waals surface area contributed by atoms with Crippen LogP contribution < -0.4 is 5.32 Å². The molecule has 1 aromatic rings. The van der Waals surface area contributed by atoms with Crippen molar-refractivity contribution in [3.63, 3.8) is 0 Å². The number of ketones is 1. The van der Waals surface area contributed by atoms with Crippen molar-refractivity contribution in [3.8, 4) is 0 Å². The van der Waals surface area contributed by atoms with Gasteiger partial charge >= 0.3 is 0 Å². The fourth-order valence-electron chi connectivity index (χ4n) is 2.56. The summed E-state index contributed by atoms with van der Waals surface area (Å²) in [5.41, 5.74) is 0.569. The third kappa shape index (κ3) is 4.04. The minimum atomic E-state index is 0.111. The monoisotopic (exact) mass is 298 g/mol. The van der Waals surface area contributed by atoms with Crippen LogP contribution in [0.4, 0.5) is 0 Å². The molecule has 1 N–H and O–H groups in total. The number of aromatic nitrogens is 2. The molecule has 5 nitrogen and oxygen atoms in total. The number of hydrogen-bond acceptors (Lipinski definition) is 4. The normalized spacial score (nSPS) is 19.5. The number of nitrogens with one attached hydrogen (secondary N) is 1. The van der Waals surface area contributed by atoms with Crippen molar-refractivity contribution in [3.05, 3.63) is 16.9 Å². The van der Waals surface area contributed by atoms with Crippen molar-refractivity contribution in [2.24, 2.45) is 5.92 Å². The van der Waals surface area contributed by atoms with Gasteiger partial charge in [-0.3, -0.25) is 9.48 Å². The molecule has 2 heterocycles. The molecule has 0 aliphatic carbocycles. The van der Waals surface area contributed by atoms with Crippen LogP contribution >= 0.6 is 11.6 Å². The lowest BCUT2D eigenvalue weighted by atomic mass is 9.93. The summed E-state index contributed by atoms with van der Waals surface area (Å²) in [6, 6.07) is 0. The van der Waals surface area contributed by atoms with E-state index < -0.39 is 0 Å². The van der Waals surface area contributed by atoms with Crippen LogP contribution in [0.3, 0.4) is 0 Å². The molecule has 112 valence electrons. The Morgan fingerprint density at radius 1 is 1.60 bits per heavy atom. The first-order valence-corrected chi connectivity index (χ1v) is 7.55. The number of rotatable bonds is 6. The third-order valence-electron chi connectivity index (χ3n) is 3.69. The van der Waals surface area contributed by atoms with E-state index in [-0.39, 0.29) is 5.78 Å². The van der Waals surface area contributed by atoms with Gasteiger partial charge in [0.2, 0.25) is 0 Å².